The SMILES string of the molecule is Oc1ccc(C2Oc3cc(O)cc(C4c5c(cc(O)cc5C5c6c(C=Cc7ccc(O)c(O)c7)cc(O)cc6OC5c5ccc(O)cc5)OC4c4ccc(O)cc4)c3C2c2cc(O)cc(O)c2)cc1. The maximum absolute atomic E-state index is 11.8. The van der Waals surface area contributed by atoms with Crippen LogP contribution in [0.5, 0.6) is 74.7 Å². The van der Waals surface area contributed by atoms with Gasteiger partial charge in [0.05, 0.1) is 17.8 Å². The van der Waals surface area contributed by atoms with Crippen molar-refractivity contribution in [3.05, 3.63) is 207 Å². The minimum absolute atomic E-state index is 0.0130. The molecule has 8 aromatic carbocycles. The van der Waals surface area contributed by atoms with Crippen LogP contribution >= 0.6 is 0 Å². The molecule has 8 aromatic rings. The maximum Gasteiger partial charge on any atom is 0.157 e. The summed E-state index contributed by atoms with van der Waals surface area (Å²) in [6, 6.07) is 37.5. The van der Waals surface area contributed by atoms with E-state index in [-0.39, 0.29) is 57.5 Å². The van der Waals surface area contributed by atoms with E-state index in [9.17, 15) is 51.1 Å². The second-order valence-electron chi connectivity index (χ2n) is 17.5. The predicted octanol–water partition coefficient (Wildman–Crippen LogP) is 10.7. The summed E-state index contributed by atoms with van der Waals surface area (Å²) in [5, 5.41) is 108. The van der Waals surface area contributed by atoms with Gasteiger partial charge in [-0.1, -0.05) is 54.6 Å². The highest BCUT2D eigenvalue weighted by Crippen LogP contribution is 2.63. The van der Waals surface area contributed by atoms with E-state index >= 15 is 0 Å². The highest BCUT2D eigenvalue weighted by molar-refractivity contribution is 5.77. The molecule has 3 heterocycles. The lowest BCUT2D eigenvalue weighted by atomic mass is 9.73. The van der Waals surface area contributed by atoms with Crippen molar-refractivity contribution in [3.63, 3.8) is 0 Å². The lowest BCUT2D eigenvalue weighted by Crippen LogP contribution is -2.18. The first-order chi connectivity index (χ1) is 33.3. The molecule has 6 unspecified atom stereocenters. The van der Waals surface area contributed by atoms with Crippen LogP contribution in [0.1, 0.15) is 97.3 Å². The summed E-state index contributed by atoms with van der Waals surface area (Å²) in [7, 11) is 0. The topological polar surface area (TPSA) is 230 Å². The number of phenolic OH excluding ortho intramolecular Hbond substituents is 10. The number of phenols is 10. The fourth-order valence-electron chi connectivity index (χ4n) is 10.3. The molecule has 0 bridgehead atoms. The summed E-state index contributed by atoms with van der Waals surface area (Å²) >= 11 is 0. The van der Waals surface area contributed by atoms with Gasteiger partial charge in [-0.2, -0.15) is 0 Å². The van der Waals surface area contributed by atoms with Crippen LogP contribution in [0.15, 0.2) is 146 Å². The van der Waals surface area contributed by atoms with Gasteiger partial charge in [0.1, 0.15) is 81.6 Å². The molecule has 0 spiro atoms. The van der Waals surface area contributed by atoms with Crippen LogP contribution < -0.4 is 14.2 Å². The molecule has 13 heteroatoms. The van der Waals surface area contributed by atoms with E-state index in [1.54, 1.807) is 72.8 Å². The number of aromatic hydroxyl groups is 10. The Labute approximate surface area is 393 Å². The van der Waals surface area contributed by atoms with Crippen molar-refractivity contribution in [2.45, 2.75) is 36.1 Å². The minimum atomic E-state index is -0.881. The van der Waals surface area contributed by atoms with Gasteiger partial charge in [0.25, 0.3) is 0 Å². The zero-order chi connectivity index (χ0) is 47.8. The molecule has 0 saturated heterocycles. The zero-order valence-corrected chi connectivity index (χ0v) is 36.2. The third kappa shape index (κ3) is 7.55. The van der Waals surface area contributed by atoms with E-state index in [1.807, 2.05) is 0 Å². The first-order valence-corrected chi connectivity index (χ1v) is 22.0. The molecule has 11 rings (SSSR count). The largest absolute Gasteiger partial charge is 0.508 e. The van der Waals surface area contributed by atoms with Gasteiger partial charge >= 0.3 is 0 Å². The molecule has 3 aliphatic rings. The highest BCUT2D eigenvalue weighted by atomic mass is 16.5. The standard InChI is InChI=1S/C56H42O13/c57-33-10-4-28(5-11-33)54-49(32-19-36(60)21-37(61)20-32)50-41(22-39(63)25-46(50)68-54)53-51-42(23-40(64)26-47(51)69-56(53)30-8-14-35(59)15-9-30)52-48-31(3-1-27-2-16-43(65)44(66)17-27)18-38(62)24-45(48)67-55(52)29-6-12-34(58)13-7-29/h1-26,49,52-66H. The molecular weight excluding hydrogens is 881 g/mol. The number of fused-ring (bicyclic) bond motifs is 3. The normalized spacial score (nSPS) is 19.9. The molecule has 0 aromatic heterocycles. The van der Waals surface area contributed by atoms with Crippen LogP contribution in [0.25, 0.3) is 12.2 Å². The summed E-state index contributed by atoms with van der Waals surface area (Å²) in [6.07, 6.45) is 0.926. The fraction of sp³-hybridized carbons (Fsp3) is 0.107. The molecule has 69 heavy (non-hydrogen) atoms. The van der Waals surface area contributed by atoms with E-state index in [0.29, 0.717) is 78.4 Å². The molecule has 0 fully saturated rings. The maximum atomic E-state index is 11.8. The van der Waals surface area contributed by atoms with E-state index in [0.717, 1.165) is 0 Å². The van der Waals surface area contributed by atoms with Gasteiger partial charge in [-0.25, -0.2) is 0 Å². The van der Waals surface area contributed by atoms with Crippen LogP contribution in [0.4, 0.5) is 0 Å². The Balaban J connectivity index is 1.18. The average Bonchev–Trinajstić information content (AvgIpc) is 4.01. The van der Waals surface area contributed by atoms with Crippen LogP contribution in [-0.2, 0) is 0 Å². The third-order valence-corrected chi connectivity index (χ3v) is 13.2. The molecule has 0 aliphatic carbocycles. The van der Waals surface area contributed by atoms with Gasteiger partial charge in [-0.05, 0) is 123 Å². The monoisotopic (exact) mass is 922 g/mol. The van der Waals surface area contributed by atoms with Crippen molar-refractivity contribution < 1.29 is 65.3 Å². The van der Waals surface area contributed by atoms with Gasteiger partial charge in [0, 0.05) is 41.0 Å². The summed E-state index contributed by atoms with van der Waals surface area (Å²) in [6.45, 7) is 0. The molecule has 0 saturated carbocycles. The first kappa shape index (κ1) is 42.5. The molecule has 344 valence electrons. The second-order valence-corrected chi connectivity index (χ2v) is 17.5. The van der Waals surface area contributed by atoms with Gasteiger partial charge < -0.3 is 65.3 Å². The van der Waals surface area contributed by atoms with E-state index in [1.165, 1.54) is 84.9 Å². The molecule has 6 atom stereocenters. The molecule has 0 amide bonds. The Morgan fingerprint density at radius 1 is 0.304 bits per heavy atom. The lowest BCUT2D eigenvalue weighted by molar-refractivity contribution is 0.219. The van der Waals surface area contributed by atoms with Gasteiger partial charge in [0.2, 0.25) is 0 Å². The van der Waals surface area contributed by atoms with Crippen molar-refractivity contribution in [1.29, 1.82) is 0 Å². The zero-order valence-electron chi connectivity index (χ0n) is 36.2. The van der Waals surface area contributed by atoms with Crippen molar-refractivity contribution in [2.75, 3.05) is 0 Å². The van der Waals surface area contributed by atoms with Gasteiger partial charge in [-0.15, -0.1) is 0 Å². The third-order valence-electron chi connectivity index (χ3n) is 13.2. The summed E-state index contributed by atoms with van der Waals surface area (Å²) < 4.78 is 20.5. The molecule has 0 radical (unpaired) electrons. The van der Waals surface area contributed by atoms with Crippen LogP contribution in [-0.4, -0.2) is 51.1 Å². The Hall–Kier alpha value is -9.10. The Morgan fingerprint density at radius 2 is 0.710 bits per heavy atom. The van der Waals surface area contributed by atoms with Crippen LogP contribution in [0.2, 0.25) is 0 Å². The van der Waals surface area contributed by atoms with Crippen LogP contribution in [0, 0.1) is 0 Å². The summed E-state index contributed by atoms with van der Waals surface area (Å²) in [5.74, 6) is -2.80. The molecule has 10 N–H and O–H groups in total. The minimum Gasteiger partial charge on any atom is -0.508 e. The van der Waals surface area contributed by atoms with E-state index in [2.05, 4.69) is 0 Å². The van der Waals surface area contributed by atoms with E-state index in [4.69, 9.17) is 14.2 Å². The highest BCUT2D eigenvalue weighted by Gasteiger charge is 2.49. The van der Waals surface area contributed by atoms with Gasteiger partial charge in [0.15, 0.2) is 11.5 Å². The average molecular weight is 923 g/mol. The Morgan fingerprint density at radius 3 is 1.19 bits per heavy atom. The van der Waals surface area contributed by atoms with Crippen molar-refractivity contribution in [2.24, 2.45) is 0 Å². The summed E-state index contributed by atoms with van der Waals surface area (Å²) in [5.41, 5.74) is 6.28. The van der Waals surface area contributed by atoms with Crippen molar-refractivity contribution in [3.8, 4) is 74.7 Å². The molecule has 3 aliphatic heterocycles. The van der Waals surface area contributed by atoms with Gasteiger partial charge in [-0.3, -0.25) is 0 Å². The second kappa shape index (κ2) is 16.3. The quantitative estimate of drug-likeness (QED) is 0.0506. The Kier molecular flexibility index (Phi) is 10.1. The molecular formula is C56H42O13. The number of hydrogen-bond acceptors (Lipinski definition) is 13. The number of benzene rings is 8. The lowest BCUT2D eigenvalue weighted by Gasteiger charge is -2.28. The fourth-order valence-corrected chi connectivity index (χ4v) is 10.3. The molecule has 13 nitrogen and oxygen atoms in total. The summed E-state index contributed by atoms with van der Waals surface area (Å²) in [4.78, 5) is 0. The van der Waals surface area contributed by atoms with Crippen molar-refractivity contribution in [1.82, 2.24) is 0 Å². The predicted molar refractivity (Wildman–Crippen MR) is 253 cm³/mol. The number of ether oxygens (including phenoxy) is 3. The number of rotatable bonds is 8. The van der Waals surface area contributed by atoms with Crippen molar-refractivity contribution >= 4 is 12.2 Å². The smallest absolute Gasteiger partial charge is 0.157 e. The Bertz CT molecular complexity index is 3330. The van der Waals surface area contributed by atoms with E-state index < -0.39 is 36.1 Å². The van der Waals surface area contributed by atoms with Crippen LogP contribution in [0.3, 0.4) is 0 Å². The number of hydrogen-bond donors (Lipinski definition) is 10. The first-order valence-electron chi connectivity index (χ1n) is 22.0.